The molecule has 0 saturated heterocycles. The zero-order chi connectivity index (χ0) is 19.6. The summed E-state index contributed by atoms with van der Waals surface area (Å²) in [4.78, 5) is 36.6. The first-order valence-corrected chi connectivity index (χ1v) is 9.39. The molecular formula is C21H28N2O4. The maximum atomic E-state index is 12.4. The van der Waals surface area contributed by atoms with Gasteiger partial charge in [-0.2, -0.15) is 0 Å². The molecule has 0 unspecified atom stereocenters. The molecule has 0 spiro atoms. The first-order chi connectivity index (χ1) is 13.0. The molecule has 1 aliphatic rings. The Kier molecular flexibility index (Phi) is 8.04. The van der Waals surface area contributed by atoms with Gasteiger partial charge in [0.2, 0.25) is 11.8 Å². The highest BCUT2D eigenvalue weighted by Gasteiger charge is 2.25. The number of allylic oxidation sites excluding steroid dienone is 1. The second kappa shape index (κ2) is 10.5. The maximum absolute atomic E-state index is 12.4. The van der Waals surface area contributed by atoms with Crippen LogP contribution in [0.4, 0.5) is 0 Å². The molecule has 2 N–H and O–H groups in total. The fourth-order valence-electron chi connectivity index (χ4n) is 3.11. The van der Waals surface area contributed by atoms with Gasteiger partial charge in [0.15, 0.2) is 0 Å². The minimum absolute atomic E-state index is 0.177. The molecule has 2 amide bonds. The summed E-state index contributed by atoms with van der Waals surface area (Å²) < 4.78 is 4.80. The van der Waals surface area contributed by atoms with Gasteiger partial charge in [0.05, 0.1) is 7.11 Å². The maximum Gasteiger partial charge on any atom is 0.328 e. The molecule has 0 radical (unpaired) electrons. The van der Waals surface area contributed by atoms with E-state index in [2.05, 4.69) is 16.7 Å². The van der Waals surface area contributed by atoms with Gasteiger partial charge in [0, 0.05) is 12.8 Å². The molecule has 0 fully saturated rings. The third-order valence-electron chi connectivity index (χ3n) is 4.63. The summed E-state index contributed by atoms with van der Waals surface area (Å²) in [5.74, 6) is -1.10. The number of amides is 2. The molecule has 0 aliphatic heterocycles. The normalized spacial score (nSPS) is 15.9. The van der Waals surface area contributed by atoms with Crippen LogP contribution in [0.15, 0.2) is 42.0 Å². The van der Waals surface area contributed by atoms with Gasteiger partial charge in [-0.3, -0.25) is 9.59 Å². The molecular weight excluding hydrogens is 344 g/mol. The SMILES string of the molecule is COC(=O)[C@H](Cc1ccccc1)NC(=O)[C@H](C)NC(=O)CC1=CCCCC1. The zero-order valence-electron chi connectivity index (χ0n) is 16.0. The van der Waals surface area contributed by atoms with Crippen LogP contribution >= 0.6 is 0 Å². The Morgan fingerprint density at radius 2 is 1.85 bits per heavy atom. The number of rotatable bonds is 8. The lowest BCUT2D eigenvalue weighted by atomic mass is 9.97. The monoisotopic (exact) mass is 372 g/mol. The van der Waals surface area contributed by atoms with Gasteiger partial charge in [-0.15, -0.1) is 0 Å². The average Bonchev–Trinajstić information content (AvgIpc) is 2.68. The van der Waals surface area contributed by atoms with Crippen LogP contribution in [0.25, 0.3) is 0 Å². The number of hydrogen-bond acceptors (Lipinski definition) is 4. The minimum Gasteiger partial charge on any atom is -0.467 e. The summed E-state index contributed by atoms with van der Waals surface area (Å²) in [6.07, 6.45) is 6.99. The number of benzene rings is 1. The molecule has 6 heteroatoms. The van der Waals surface area contributed by atoms with Crippen molar-refractivity contribution in [3.63, 3.8) is 0 Å². The van der Waals surface area contributed by atoms with E-state index in [4.69, 9.17) is 4.74 Å². The summed E-state index contributed by atoms with van der Waals surface area (Å²) >= 11 is 0. The van der Waals surface area contributed by atoms with Crippen LogP contribution in [-0.2, 0) is 25.5 Å². The number of carbonyl (C=O) groups is 3. The van der Waals surface area contributed by atoms with E-state index in [0.717, 1.165) is 30.4 Å². The van der Waals surface area contributed by atoms with Crippen molar-refractivity contribution in [3.05, 3.63) is 47.5 Å². The Bertz CT molecular complexity index is 685. The van der Waals surface area contributed by atoms with E-state index >= 15 is 0 Å². The van der Waals surface area contributed by atoms with E-state index < -0.39 is 24.0 Å². The van der Waals surface area contributed by atoms with Crippen LogP contribution in [0, 0.1) is 0 Å². The van der Waals surface area contributed by atoms with Gasteiger partial charge in [-0.1, -0.05) is 42.0 Å². The summed E-state index contributed by atoms with van der Waals surface area (Å²) in [6.45, 7) is 1.61. The third-order valence-corrected chi connectivity index (χ3v) is 4.63. The van der Waals surface area contributed by atoms with Crippen molar-refractivity contribution in [3.8, 4) is 0 Å². The lowest BCUT2D eigenvalue weighted by Crippen LogP contribution is -2.51. The minimum atomic E-state index is -0.801. The fourth-order valence-corrected chi connectivity index (χ4v) is 3.11. The highest BCUT2D eigenvalue weighted by Crippen LogP contribution is 2.19. The van der Waals surface area contributed by atoms with Crippen LogP contribution in [0.3, 0.4) is 0 Å². The highest BCUT2D eigenvalue weighted by molar-refractivity contribution is 5.91. The summed E-state index contributed by atoms with van der Waals surface area (Å²) in [7, 11) is 1.29. The van der Waals surface area contributed by atoms with Crippen molar-refractivity contribution < 1.29 is 19.1 Å². The van der Waals surface area contributed by atoms with Crippen molar-refractivity contribution in [1.29, 1.82) is 0 Å². The Morgan fingerprint density at radius 1 is 1.11 bits per heavy atom. The Hall–Kier alpha value is -2.63. The van der Waals surface area contributed by atoms with Crippen LogP contribution in [0.2, 0.25) is 0 Å². The fraction of sp³-hybridized carbons (Fsp3) is 0.476. The number of nitrogens with one attached hydrogen (secondary N) is 2. The molecule has 0 bridgehead atoms. The molecule has 2 rings (SSSR count). The van der Waals surface area contributed by atoms with Gasteiger partial charge in [-0.05, 0) is 38.2 Å². The first kappa shape index (κ1) is 20.7. The average molecular weight is 372 g/mol. The number of carbonyl (C=O) groups excluding carboxylic acids is 3. The topological polar surface area (TPSA) is 84.5 Å². The van der Waals surface area contributed by atoms with Crippen molar-refractivity contribution in [2.45, 2.75) is 57.5 Å². The lowest BCUT2D eigenvalue weighted by Gasteiger charge is -2.20. The van der Waals surface area contributed by atoms with Gasteiger partial charge in [0.1, 0.15) is 12.1 Å². The molecule has 0 heterocycles. The smallest absolute Gasteiger partial charge is 0.328 e. The van der Waals surface area contributed by atoms with E-state index in [1.165, 1.54) is 13.5 Å². The van der Waals surface area contributed by atoms with Gasteiger partial charge in [-0.25, -0.2) is 4.79 Å². The highest BCUT2D eigenvalue weighted by atomic mass is 16.5. The second-order valence-electron chi connectivity index (χ2n) is 6.85. The van der Waals surface area contributed by atoms with Crippen LogP contribution < -0.4 is 10.6 Å². The predicted molar refractivity (Wildman–Crippen MR) is 103 cm³/mol. The Labute approximate surface area is 160 Å². The standard InChI is InChI=1S/C21H28N2O4/c1-15(22-19(24)14-17-11-7-4-8-12-17)20(25)23-18(21(26)27-2)13-16-9-5-3-6-10-16/h3,5-6,9-11,15,18H,4,7-8,12-14H2,1-2H3,(H,22,24)(H,23,25)/t15-,18-/m0/s1. The molecule has 2 atom stereocenters. The number of methoxy groups -OCH3 is 1. The van der Waals surface area contributed by atoms with Gasteiger partial charge in [0.25, 0.3) is 0 Å². The molecule has 1 aliphatic carbocycles. The van der Waals surface area contributed by atoms with Crippen LogP contribution in [0.1, 0.15) is 44.6 Å². The summed E-state index contributed by atoms with van der Waals surface area (Å²) in [5, 5.41) is 5.39. The predicted octanol–water partition coefficient (Wildman–Crippen LogP) is 2.28. The van der Waals surface area contributed by atoms with Gasteiger partial charge < -0.3 is 15.4 Å². The Balaban J connectivity index is 1.89. The summed E-state index contributed by atoms with van der Waals surface area (Å²) in [6, 6.07) is 7.85. The molecule has 27 heavy (non-hydrogen) atoms. The third kappa shape index (κ3) is 6.89. The van der Waals surface area contributed by atoms with Crippen molar-refractivity contribution >= 4 is 17.8 Å². The van der Waals surface area contributed by atoms with E-state index in [1.807, 2.05) is 30.3 Å². The largest absolute Gasteiger partial charge is 0.467 e. The second-order valence-corrected chi connectivity index (χ2v) is 6.85. The van der Waals surface area contributed by atoms with E-state index in [0.29, 0.717) is 12.8 Å². The molecule has 0 saturated carbocycles. The first-order valence-electron chi connectivity index (χ1n) is 9.39. The molecule has 0 aromatic heterocycles. The molecule has 6 nitrogen and oxygen atoms in total. The van der Waals surface area contributed by atoms with E-state index in [-0.39, 0.29) is 5.91 Å². The zero-order valence-corrected chi connectivity index (χ0v) is 16.0. The van der Waals surface area contributed by atoms with Crippen molar-refractivity contribution in [2.24, 2.45) is 0 Å². The lowest BCUT2D eigenvalue weighted by molar-refractivity contribution is -0.145. The van der Waals surface area contributed by atoms with E-state index in [9.17, 15) is 14.4 Å². The number of hydrogen-bond donors (Lipinski definition) is 2. The van der Waals surface area contributed by atoms with Crippen LogP contribution in [-0.4, -0.2) is 37.0 Å². The van der Waals surface area contributed by atoms with Crippen LogP contribution in [0.5, 0.6) is 0 Å². The quantitative estimate of drug-likeness (QED) is 0.542. The number of esters is 1. The Morgan fingerprint density at radius 3 is 2.48 bits per heavy atom. The van der Waals surface area contributed by atoms with Gasteiger partial charge >= 0.3 is 5.97 Å². The van der Waals surface area contributed by atoms with Crippen molar-refractivity contribution in [1.82, 2.24) is 10.6 Å². The molecule has 146 valence electrons. The van der Waals surface area contributed by atoms with Crippen molar-refractivity contribution in [2.75, 3.05) is 7.11 Å². The molecule has 1 aromatic carbocycles. The van der Waals surface area contributed by atoms with E-state index in [1.54, 1.807) is 6.92 Å². The number of ether oxygens (including phenoxy) is 1. The molecule has 1 aromatic rings. The summed E-state index contributed by atoms with van der Waals surface area (Å²) in [5.41, 5.74) is 2.04.